The van der Waals surface area contributed by atoms with Gasteiger partial charge in [0.25, 0.3) is 0 Å². The van der Waals surface area contributed by atoms with Crippen LogP contribution in [0.15, 0.2) is 12.5 Å². The summed E-state index contributed by atoms with van der Waals surface area (Å²) in [5.74, 6) is -1.15. The van der Waals surface area contributed by atoms with Gasteiger partial charge in [-0.1, -0.05) is 20.3 Å². The van der Waals surface area contributed by atoms with Gasteiger partial charge in [0.1, 0.15) is 6.04 Å². The molecule has 1 rings (SSSR count). The van der Waals surface area contributed by atoms with Crippen LogP contribution in [0.2, 0.25) is 0 Å². The predicted octanol–water partition coefficient (Wildman–Crippen LogP) is 0.708. The van der Waals surface area contributed by atoms with Gasteiger partial charge in [0.15, 0.2) is 0 Å². The highest BCUT2D eigenvalue weighted by atomic mass is 16.4. The molecule has 0 unspecified atom stereocenters. The fourth-order valence-corrected chi connectivity index (χ4v) is 1.43. The molecule has 7 nitrogen and oxygen atoms in total. The van der Waals surface area contributed by atoms with Crippen LogP contribution in [0, 0.1) is 5.92 Å². The van der Waals surface area contributed by atoms with E-state index in [9.17, 15) is 9.59 Å². The second kappa shape index (κ2) is 6.63. The Balaban J connectivity index is 2.44. The number of aromatic amines is 1. The fourth-order valence-electron chi connectivity index (χ4n) is 1.43. The highest BCUT2D eigenvalue weighted by molar-refractivity contribution is 5.82. The minimum absolute atomic E-state index is 0.125. The average Bonchev–Trinajstić information content (AvgIpc) is 2.85. The summed E-state index contributed by atoms with van der Waals surface area (Å²) in [7, 11) is 0. The Labute approximate surface area is 105 Å². The third-order valence-electron chi connectivity index (χ3n) is 2.76. The van der Waals surface area contributed by atoms with Crippen LogP contribution in [0.4, 0.5) is 4.79 Å². The van der Waals surface area contributed by atoms with E-state index in [1.807, 2.05) is 6.92 Å². The molecule has 4 N–H and O–H groups in total. The minimum atomic E-state index is -1.03. The van der Waals surface area contributed by atoms with Crippen molar-refractivity contribution in [3.8, 4) is 0 Å². The minimum Gasteiger partial charge on any atom is -0.480 e. The molecule has 0 aliphatic rings. The molecular weight excluding hydrogens is 236 g/mol. The van der Waals surface area contributed by atoms with Crippen molar-refractivity contribution in [2.75, 3.05) is 0 Å². The zero-order valence-corrected chi connectivity index (χ0v) is 10.4. The summed E-state index contributed by atoms with van der Waals surface area (Å²) >= 11 is 0. The number of carbonyl (C=O) groups is 2. The molecule has 0 fully saturated rings. The fraction of sp³-hybridized carbons (Fsp3) is 0.545. The van der Waals surface area contributed by atoms with Crippen LogP contribution < -0.4 is 10.6 Å². The number of aliphatic carboxylic acids is 1. The lowest BCUT2D eigenvalue weighted by Gasteiger charge is -2.20. The first kappa shape index (κ1) is 14.0. The van der Waals surface area contributed by atoms with Crippen LogP contribution >= 0.6 is 0 Å². The number of rotatable bonds is 6. The van der Waals surface area contributed by atoms with Crippen molar-refractivity contribution in [1.82, 2.24) is 20.6 Å². The highest BCUT2D eigenvalue weighted by Crippen LogP contribution is 2.07. The molecule has 18 heavy (non-hydrogen) atoms. The maximum Gasteiger partial charge on any atom is 0.326 e. The van der Waals surface area contributed by atoms with Crippen molar-refractivity contribution >= 4 is 12.0 Å². The van der Waals surface area contributed by atoms with E-state index in [1.165, 1.54) is 6.33 Å². The van der Waals surface area contributed by atoms with Crippen molar-refractivity contribution in [2.24, 2.45) is 5.92 Å². The third-order valence-corrected chi connectivity index (χ3v) is 2.76. The summed E-state index contributed by atoms with van der Waals surface area (Å²) < 4.78 is 0. The van der Waals surface area contributed by atoms with Crippen LogP contribution in [0.1, 0.15) is 26.0 Å². The van der Waals surface area contributed by atoms with E-state index in [0.717, 1.165) is 5.69 Å². The number of amides is 2. The number of H-pyrrole nitrogens is 1. The molecule has 0 saturated carbocycles. The van der Waals surface area contributed by atoms with Crippen LogP contribution in [0.5, 0.6) is 0 Å². The van der Waals surface area contributed by atoms with E-state index in [-0.39, 0.29) is 12.5 Å². The maximum atomic E-state index is 11.6. The Morgan fingerprint density at radius 2 is 2.28 bits per heavy atom. The zero-order chi connectivity index (χ0) is 13.5. The Morgan fingerprint density at radius 3 is 2.78 bits per heavy atom. The van der Waals surface area contributed by atoms with Gasteiger partial charge in [-0.25, -0.2) is 14.6 Å². The second-order valence-electron chi connectivity index (χ2n) is 4.11. The smallest absolute Gasteiger partial charge is 0.326 e. The lowest BCUT2D eigenvalue weighted by Crippen LogP contribution is -2.48. The summed E-state index contributed by atoms with van der Waals surface area (Å²) in [4.78, 5) is 29.2. The monoisotopic (exact) mass is 254 g/mol. The molecule has 0 spiro atoms. The zero-order valence-electron chi connectivity index (χ0n) is 10.4. The lowest BCUT2D eigenvalue weighted by molar-refractivity contribution is -0.140. The number of hydrogen-bond acceptors (Lipinski definition) is 3. The average molecular weight is 254 g/mol. The number of aromatic nitrogens is 2. The van der Waals surface area contributed by atoms with Gasteiger partial charge >= 0.3 is 12.0 Å². The van der Waals surface area contributed by atoms with Gasteiger partial charge in [0.05, 0.1) is 18.6 Å². The number of nitrogens with one attached hydrogen (secondary N) is 3. The van der Waals surface area contributed by atoms with Gasteiger partial charge in [-0.05, 0) is 5.92 Å². The van der Waals surface area contributed by atoms with Crippen molar-refractivity contribution in [3.63, 3.8) is 0 Å². The van der Waals surface area contributed by atoms with Crippen molar-refractivity contribution in [1.29, 1.82) is 0 Å². The lowest BCUT2D eigenvalue weighted by atomic mass is 9.99. The predicted molar refractivity (Wildman–Crippen MR) is 64.8 cm³/mol. The quantitative estimate of drug-likeness (QED) is 0.599. The molecule has 1 aromatic rings. The van der Waals surface area contributed by atoms with Gasteiger partial charge < -0.3 is 20.7 Å². The summed E-state index contributed by atoms with van der Waals surface area (Å²) in [5, 5.41) is 14.0. The third kappa shape index (κ3) is 4.08. The van der Waals surface area contributed by atoms with E-state index >= 15 is 0 Å². The Hall–Kier alpha value is -2.05. The Bertz CT molecular complexity index is 391. The first-order chi connectivity index (χ1) is 8.54. The van der Waals surface area contributed by atoms with Crippen LogP contribution in [0.3, 0.4) is 0 Å². The number of carbonyl (C=O) groups excluding carboxylic acids is 1. The molecule has 2 atom stereocenters. The standard InChI is InChI=1S/C11H18N4O3/c1-3-7(2)9(10(16)17)15-11(18)13-5-8-4-12-6-14-8/h4,6-7,9H,3,5H2,1-2H3,(H,12,14)(H,16,17)(H2,13,15,18)/t7-,9-/m0/s1. The Kier molecular flexibility index (Phi) is 5.16. The summed E-state index contributed by atoms with van der Waals surface area (Å²) in [6.45, 7) is 3.94. The van der Waals surface area contributed by atoms with Gasteiger partial charge in [-0.3, -0.25) is 0 Å². The number of nitrogens with zero attached hydrogens (tertiary/aromatic N) is 1. The molecule has 0 aliphatic heterocycles. The molecule has 2 amide bonds. The van der Waals surface area contributed by atoms with Crippen molar-refractivity contribution in [3.05, 3.63) is 18.2 Å². The molecule has 0 aliphatic carbocycles. The van der Waals surface area contributed by atoms with Crippen LogP contribution in [-0.4, -0.2) is 33.1 Å². The largest absolute Gasteiger partial charge is 0.480 e. The molecule has 0 radical (unpaired) electrons. The van der Waals surface area contributed by atoms with E-state index in [2.05, 4.69) is 20.6 Å². The number of hydrogen-bond donors (Lipinski definition) is 4. The summed E-state index contributed by atoms with van der Waals surface area (Å²) in [6, 6.07) is -1.38. The number of carboxylic acids is 1. The maximum absolute atomic E-state index is 11.6. The topological polar surface area (TPSA) is 107 Å². The van der Waals surface area contributed by atoms with E-state index in [4.69, 9.17) is 5.11 Å². The summed E-state index contributed by atoms with van der Waals surface area (Å²) in [6.07, 6.45) is 3.77. The molecule has 7 heteroatoms. The van der Waals surface area contributed by atoms with Gasteiger partial charge in [0.2, 0.25) is 0 Å². The first-order valence-electron chi connectivity index (χ1n) is 5.79. The molecule has 0 aromatic carbocycles. The molecule has 0 saturated heterocycles. The van der Waals surface area contributed by atoms with Crippen LogP contribution in [-0.2, 0) is 11.3 Å². The molecule has 1 aromatic heterocycles. The SMILES string of the molecule is CC[C@H](C)[C@H](NC(=O)NCc1cnc[nH]1)C(=O)O. The van der Waals surface area contributed by atoms with E-state index in [0.29, 0.717) is 6.42 Å². The van der Waals surface area contributed by atoms with Crippen molar-refractivity contribution < 1.29 is 14.7 Å². The molecular formula is C11H18N4O3. The summed E-state index contributed by atoms with van der Waals surface area (Å²) in [5.41, 5.74) is 0.751. The van der Waals surface area contributed by atoms with E-state index in [1.54, 1.807) is 13.1 Å². The molecule has 100 valence electrons. The Morgan fingerprint density at radius 1 is 1.56 bits per heavy atom. The van der Waals surface area contributed by atoms with Gasteiger partial charge in [-0.2, -0.15) is 0 Å². The molecule has 0 bridgehead atoms. The number of imidazole rings is 1. The van der Waals surface area contributed by atoms with Gasteiger partial charge in [0, 0.05) is 6.20 Å². The normalized spacial score (nSPS) is 13.7. The number of carboxylic acid groups (broad SMARTS) is 1. The van der Waals surface area contributed by atoms with Gasteiger partial charge in [-0.15, -0.1) is 0 Å². The number of urea groups is 1. The molecule has 1 heterocycles. The highest BCUT2D eigenvalue weighted by Gasteiger charge is 2.25. The van der Waals surface area contributed by atoms with E-state index < -0.39 is 18.0 Å². The van der Waals surface area contributed by atoms with Crippen LogP contribution in [0.25, 0.3) is 0 Å². The first-order valence-corrected chi connectivity index (χ1v) is 5.79. The van der Waals surface area contributed by atoms with Crippen molar-refractivity contribution in [2.45, 2.75) is 32.9 Å². The second-order valence-corrected chi connectivity index (χ2v) is 4.11.